The Morgan fingerprint density at radius 2 is 2.15 bits per heavy atom. The maximum atomic E-state index is 11.9. The molecule has 0 unspecified atom stereocenters. The number of nitrogens with zero attached hydrogens (tertiary/aromatic N) is 2. The molecule has 0 fully saturated rings. The number of hydrogen-bond donors (Lipinski definition) is 1. The van der Waals surface area contributed by atoms with Crippen LogP contribution in [0.3, 0.4) is 0 Å². The highest BCUT2D eigenvalue weighted by Gasteiger charge is 2.11. The van der Waals surface area contributed by atoms with Gasteiger partial charge in [0.1, 0.15) is 17.1 Å². The lowest BCUT2D eigenvalue weighted by Gasteiger charge is -2.14. The Morgan fingerprint density at radius 1 is 1.40 bits per heavy atom. The highest BCUT2D eigenvalue weighted by atomic mass is 35.5. The third-order valence-corrected chi connectivity index (χ3v) is 3.13. The molecule has 0 aliphatic carbocycles. The minimum Gasteiger partial charge on any atom is -0.494 e. The molecular weight excluding hydrogens is 278 g/mol. The van der Waals surface area contributed by atoms with Crippen LogP contribution in [0, 0.1) is 6.92 Å². The molecule has 106 valence electrons. The number of aromatic nitrogens is 2. The Labute approximate surface area is 122 Å². The van der Waals surface area contributed by atoms with E-state index >= 15 is 0 Å². The van der Waals surface area contributed by atoms with Gasteiger partial charge >= 0.3 is 0 Å². The predicted molar refractivity (Wildman–Crippen MR) is 78.9 cm³/mol. The number of ether oxygens (including phenoxy) is 1. The molecule has 0 radical (unpaired) electrons. The monoisotopic (exact) mass is 293 g/mol. The summed E-state index contributed by atoms with van der Waals surface area (Å²) in [5.74, 6) is 0.643. The predicted octanol–water partition coefficient (Wildman–Crippen LogP) is 1.92. The van der Waals surface area contributed by atoms with Gasteiger partial charge in [0.2, 0.25) is 5.43 Å². The van der Waals surface area contributed by atoms with Crippen molar-refractivity contribution in [2.24, 2.45) is 0 Å². The maximum absolute atomic E-state index is 11.9. The van der Waals surface area contributed by atoms with Crippen molar-refractivity contribution in [3.05, 3.63) is 50.9 Å². The van der Waals surface area contributed by atoms with Crippen molar-refractivity contribution in [2.45, 2.75) is 13.5 Å². The smallest absolute Gasteiger partial charge is 0.204 e. The lowest BCUT2D eigenvalue weighted by Crippen LogP contribution is -2.23. The summed E-state index contributed by atoms with van der Waals surface area (Å²) in [6.07, 6.45) is 0. The molecule has 0 spiro atoms. The third kappa shape index (κ3) is 2.84. The molecule has 0 aliphatic heterocycles. The van der Waals surface area contributed by atoms with E-state index in [2.05, 4.69) is 10.4 Å². The molecule has 0 aliphatic rings. The van der Waals surface area contributed by atoms with Gasteiger partial charge in [-0.1, -0.05) is 11.6 Å². The summed E-state index contributed by atoms with van der Waals surface area (Å²) in [6.45, 7) is 2.22. The third-order valence-electron chi connectivity index (χ3n) is 2.89. The van der Waals surface area contributed by atoms with Crippen molar-refractivity contribution >= 4 is 11.6 Å². The zero-order valence-corrected chi connectivity index (χ0v) is 12.4. The van der Waals surface area contributed by atoms with Crippen LogP contribution in [0.2, 0.25) is 5.02 Å². The van der Waals surface area contributed by atoms with Crippen molar-refractivity contribution in [3.63, 3.8) is 0 Å². The van der Waals surface area contributed by atoms with E-state index in [4.69, 9.17) is 16.3 Å². The van der Waals surface area contributed by atoms with Gasteiger partial charge in [-0.2, -0.15) is 5.10 Å². The van der Waals surface area contributed by atoms with Gasteiger partial charge in [-0.05, 0) is 32.2 Å². The summed E-state index contributed by atoms with van der Waals surface area (Å²) >= 11 is 6.04. The van der Waals surface area contributed by atoms with Gasteiger partial charge in [-0.3, -0.25) is 4.79 Å². The molecule has 2 rings (SSSR count). The SMILES string of the molecule is CNCc1nn(-c2cc(Cl)ccc2OC)c(C)cc1=O. The zero-order chi connectivity index (χ0) is 14.7. The molecule has 1 aromatic heterocycles. The molecule has 0 atom stereocenters. The Kier molecular flexibility index (Phi) is 4.42. The first-order chi connectivity index (χ1) is 9.56. The molecule has 0 amide bonds. The fourth-order valence-electron chi connectivity index (χ4n) is 1.95. The highest BCUT2D eigenvalue weighted by molar-refractivity contribution is 6.30. The first kappa shape index (κ1) is 14.6. The van der Waals surface area contributed by atoms with E-state index in [1.807, 2.05) is 6.92 Å². The van der Waals surface area contributed by atoms with Crippen LogP contribution in [0.15, 0.2) is 29.1 Å². The highest BCUT2D eigenvalue weighted by Crippen LogP contribution is 2.26. The number of methoxy groups -OCH3 is 1. The van der Waals surface area contributed by atoms with E-state index in [1.165, 1.54) is 0 Å². The number of rotatable bonds is 4. The molecular formula is C14H16ClN3O2. The van der Waals surface area contributed by atoms with E-state index in [1.54, 1.807) is 43.1 Å². The topological polar surface area (TPSA) is 56.1 Å². The minimum absolute atomic E-state index is 0.0888. The first-order valence-electron chi connectivity index (χ1n) is 6.15. The summed E-state index contributed by atoms with van der Waals surface area (Å²) in [7, 11) is 3.35. The second-order valence-corrected chi connectivity index (χ2v) is 4.79. The Hall–Kier alpha value is -1.85. The van der Waals surface area contributed by atoms with Crippen LogP contribution in [-0.2, 0) is 6.54 Å². The first-order valence-corrected chi connectivity index (χ1v) is 6.53. The summed E-state index contributed by atoms with van der Waals surface area (Å²) in [6, 6.07) is 6.83. The lowest BCUT2D eigenvalue weighted by atomic mass is 10.2. The standard InChI is InChI=1S/C14H16ClN3O2/c1-9-6-13(19)11(8-16-2)17-18(9)12-7-10(15)4-5-14(12)20-3/h4-7,16H,8H2,1-3H3. The Balaban J connectivity index is 2.65. The van der Waals surface area contributed by atoms with E-state index in [-0.39, 0.29) is 5.43 Å². The zero-order valence-electron chi connectivity index (χ0n) is 11.6. The Morgan fingerprint density at radius 3 is 2.80 bits per heavy atom. The van der Waals surface area contributed by atoms with Crippen molar-refractivity contribution in [1.82, 2.24) is 15.1 Å². The van der Waals surface area contributed by atoms with E-state index < -0.39 is 0 Å². The van der Waals surface area contributed by atoms with Gasteiger partial charge in [-0.25, -0.2) is 4.68 Å². The molecule has 1 N–H and O–H groups in total. The van der Waals surface area contributed by atoms with Crippen LogP contribution in [0.25, 0.3) is 5.69 Å². The molecule has 1 aromatic carbocycles. The number of aryl methyl sites for hydroxylation is 1. The van der Waals surface area contributed by atoms with Gasteiger partial charge in [-0.15, -0.1) is 0 Å². The fraction of sp³-hybridized carbons (Fsp3) is 0.286. The molecule has 0 saturated heterocycles. The van der Waals surface area contributed by atoms with Gasteiger partial charge < -0.3 is 10.1 Å². The summed E-state index contributed by atoms with van der Waals surface area (Å²) in [5, 5.41) is 7.89. The van der Waals surface area contributed by atoms with Crippen LogP contribution in [0.5, 0.6) is 5.75 Å². The second kappa shape index (κ2) is 6.07. The van der Waals surface area contributed by atoms with Gasteiger partial charge in [0.25, 0.3) is 0 Å². The fourth-order valence-corrected chi connectivity index (χ4v) is 2.11. The maximum Gasteiger partial charge on any atom is 0.204 e. The second-order valence-electron chi connectivity index (χ2n) is 4.35. The van der Waals surface area contributed by atoms with Crippen molar-refractivity contribution < 1.29 is 4.74 Å². The van der Waals surface area contributed by atoms with E-state index in [0.717, 1.165) is 5.69 Å². The minimum atomic E-state index is -0.0888. The van der Waals surface area contributed by atoms with E-state index in [9.17, 15) is 4.79 Å². The van der Waals surface area contributed by atoms with Gasteiger partial charge in [0.05, 0.1) is 7.11 Å². The number of benzene rings is 1. The molecule has 0 saturated carbocycles. The molecule has 20 heavy (non-hydrogen) atoms. The number of hydrogen-bond acceptors (Lipinski definition) is 4. The van der Waals surface area contributed by atoms with Gasteiger partial charge in [0.15, 0.2) is 0 Å². The lowest BCUT2D eigenvalue weighted by molar-refractivity contribution is 0.411. The average molecular weight is 294 g/mol. The average Bonchev–Trinajstić information content (AvgIpc) is 2.42. The number of halogens is 1. The van der Waals surface area contributed by atoms with Crippen LogP contribution < -0.4 is 15.5 Å². The molecule has 2 aromatic rings. The van der Waals surface area contributed by atoms with Gasteiger partial charge in [0, 0.05) is 23.3 Å². The van der Waals surface area contributed by atoms with E-state index in [0.29, 0.717) is 28.7 Å². The summed E-state index contributed by atoms with van der Waals surface area (Å²) < 4.78 is 6.99. The Bertz CT molecular complexity index is 683. The molecule has 1 heterocycles. The quantitative estimate of drug-likeness (QED) is 0.936. The normalized spacial score (nSPS) is 10.6. The molecule has 5 nitrogen and oxygen atoms in total. The number of nitrogens with one attached hydrogen (secondary N) is 1. The van der Waals surface area contributed by atoms with Crippen molar-refractivity contribution in [3.8, 4) is 11.4 Å². The summed E-state index contributed by atoms with van der Waals surface area (Å²) in [4.78, 5) is 11.9. The van der Waals surface area contributed by atoms with Crippen LogP contribution in [-0.4, -0.2) is 23.9 Å². The van der Waals surface area contributed by atoms with Crippen molar-refractivity contribution in [1.29, 1.82) is 0 Å². The molecule has 6 heteroatoms. The van der Waals surface area contributed by atoms with Crippen LogP contribution in [0.1, 0.15) is 11.4 Å². The largest absolute Gasteiger partial charge is 0.494 e. The van der Waals surface area contributed by atoms with Crippen molar-refractivity contribution in [2.75, 3.05) is 14.2 Å². The summed E-state index contributed by atoms with van der Waals surface area (Å²) in [5.41, 5.74) is 1.78. The van der Waals surface area contributed by atoms with Crippen LogP contribution in [0.4, 0.5) is 0 Å². The van der Waals surface area contributed by atoms with Crippen LogP contribution >= 0.6 is 11.6 Å². The molecule has 0 bridgehead atoms.